The van der Waals surface area contributed by atoms with Gasteiger partial charge in [0, 0.05) is 26.0 Å². The minimum absolute atomic E-state index is 0.0842. The van der Waals surface area contributed by atoms with Crippen molar-refractivity contribution in [2.45, 2.75) is 13.8 Å². The fraction of sp³-hybridized carbons (Fsp3) is 0.286. The molecule has 4 heteroatoms. The van der Waals surface area contributed by atoms with Gasteiger partial charge >= 0.3 is 0 Å². The number of hydrogen-bond acceptors (Lipinski definition) is 3. The van der Waals surface area contributed by atoms with Crippen LogP contribution in [-0.2, 0) is 4.79 Å². The van der Waals surface area contributed by atoms with E-state index >= 15 is 0 Å². The van der Waals surface area contributed by atoms with Gasteiger partial charge in [0.1, 0.15) is 11.6 Å². The molecule has 1 N–H and O–H groups in total. The van der Waals surface area contributed by atoms with Gasteiger partial charge < -0.3 is 10.2 Å². The van der Waals surface area contributed by atoms with Crippen LogP contribution >= 0.6 is 0 Å². The molecule has 0 atom stereocenters. The van der Waals surface area contributed by atoms with Crippen molar-refractivity contribution in [2.75, 3.05) is 19.4 Å². The Morgan fingerprint density at radius 2 is 2.06 bits per heavy atom. The van der Waals surface area contributed by atoms with Crippen LogP contribution in [0.25, 0.3) is 0 Å². The summed E-state index contributed by atoms with van der Waals surface area (Å²) < 4.78 is 0. The van der Waals surface area contributed by atoms with E-state index in [9.17, 15) is 4.79 Å². The van der Waals surface area contributed by atoms with Crippen LogP contribution in [0.3, 0.4) is 0 Å². The Morgan fingerprint density at radius 1 is 1.39 bits per heavy atom. The molecule has 0 saturated heterocycles. The van der Waals surface area contributed by atoms with Crippen molar-refractivity contribution in [3.63, 3.8) is 0 Å². The number of amides is 1. The Labute approximate surface area is 108 Å². The Kier molecular flexibility index (Phi) is 4.50. The van der Waals surface area contributed by atoms with Gasteiger partial charge in [-0.15, -0.1) is 0 Å². The molecule has 0 aliphatic rings. The highest BCUT2D eigenvalue weighted by Crippen LogP contribution is 2.17. The minimum atomic E-state index is -0.389. The van der Waals surface area contributed by atoms with Gasteiger partial charge in [0.25, 0.3) is 5.91 Å². The van der Waals surface area contributed by atoms with Gasteiger partial charge in [-0.2, -0.15) is 5.26 Å². The number of anilines is 1. The van der Waals surface area contributed by atoms with Gasteiger partial charge in [0.2, 0.25) is 0 Å². The molecule has 0 fully saturated rings. The molecule has 1 amide bonds. The molecule has 0 aliphatic heterocycles. The average molecular weight is 243 g/mol. The third kappa shape index (κ3) is 3.63. The molecule has 0 aliphatic carbocycles. The quantitative estimate of drug-likeness (QED) is 0.654. The molecular weight excluding hydrogens is 226 g/mol. The zero-order valence-corrected chi connectivity index (χ0v) is 11.1. The molecule has 0 heterocycles. The number of carbonyl (C=O) groups is 1. The molecule has 0 saturated carbocycles. The third-order valence-electron chi connectivity index (χ3n) is 2.39. The Morgan fingerprint density at radius 3 is 2.61 bits per heavy atom. The van der Waals surface area contributed by atoms with Crippen LogP contribution in [0.2, 0.25) is 0 Å². The fourth-order valence-corrected chi connectivity index (χ4v) is 1.46. The number of benzene rings is 1. The molecule has 4 nitrogen and oxygen atoms in total. The lowest BCUT2D eigenvalue weighted by Gasteiger charge is -2.10. The van der Waals surface area contributed by atoms with E-state index in [2.05, 4.69) is 5.32 Å². The number of carbonyl (C=O) groups excluding carboxylic acids is 1. The summed E-state index contributed by atoms with van der Waals surface area (Å²) in [5.41, 5.74) is 2.85. The van der Waals surface area contributed by atoms with E-state index in [0.717, 1.165) is 16.8 Å². The number of hydrogen-bond donors (Lipinski definition) is 1. The summed E-state index contributed by atoms with van der Waals surface area (Å²) in [5.74, 6) is -0.389. The first-order valence-corrected chi connectivity index (χ1v) is 5.61. The van der Waals surface area contributed by atoms with Crippen LogP contribution in [0.15, 0.2) is 30.0 Å². The van der Waals surface area contributed by atoms with Crippen molar-refractivity contribution >= 4 is 11.6 Å². The topological polar surface area (TPSA) is 56.1 Å². The van der Waals surface area contributed by atoms with Crippen LogP contribution in [0.1, 0.15) is 11.1 Å². The summed E-state index contributed by atoms with van der Waals surface area (Å²) in [6.07, 6.45) is 1.50. The number of nitriles is 1. The maximum atomic E-state index is 11.9. The zero-order chi connectivity index (χ0) is 13.7. The summed E-state index contributed by atoms with van der Waals surface area (Å²) >= 11 is 0. The van der Waals surface area contributed by atoms with Crippen LogP contribution < -0.4 is 5.32 Å². The van der Waals surface area contributed by atoms with E-state index in [4.69, 9.17) is 5.26 Å². The largest absolute Gasteiger partial charge is 0.382 e. The first kappa shape index (κ1) is 13.8. The van der Waals surface area contributed by atoms with Crippen LogP contribution in [-0.4, -0.2) is 24.9 Å². The number of nitrogens with zero attached hydrogens (tertiary/aromatic N) is 2. The smallest absolute Gasteiger partial charge is 0.267 e. The minimum Gasteiger partial charge on any atom is -0.382 e. The van der Waals surface area contributed by atoms with E-state index in [1.54, 1.807) is 19.0 Å². The zero-order valence-electron chi connectivity index (χ0n) is 11.1. The highest BCUT2D eigenvalue weighted by Gasteiger charge is 2.10. The first-order chi connectivity index (χ1) is 8.43. The molecule has 1 rings (SSSR count). The SMILES string of the molecule is Cc1ccc(C)c(NC(=O)C(C#N)=CN(C)C)c1. The number of aryl methyl sites for hydroxylation is 2. The van der Waals surface area contributed by atoms with E-state index in [1.807, 2.05) is 38.1 Å². The lowest BCUT2D eigenvalue weighted by Crippen LogP contribution is -2.17. The molecule has 0 unspecified atom stereocenters. The third-order valence-corrected chi connectivity index (χ3v) is 2.39. The fourth-order valence-electron chi connectivity index (χ4n) is 1.46. The maximum Gasteiger partial charge on any atom is 0.267 e. The average Bonchev–Trinajstić information content (AvgIpc) is 2.30. The van der Waals surface area contributed by atoms with Crippen molar-refractivity contribution in [3.05, 3.63) is 41.1 Å². The van der Waals surface area contributed by atoms with Gasteiger partial charge in [-0.25, -0.2) is 0 Å². The lowest BCUT2D eigenvalue weighted by atomic mass is 10.1. The van der Waals surface area contributed by atoms with Crippen molar-refractivity contribution in [2.24, 2.45) is 0 Å². The van der Waals surface area contributed by atoms with Crippen LogP contribution in [0, 0.1) is 25.2 Å². The second kappa shape index (κ2) is 5.87. The van der Waals surface area contributed by atoms with Gasteiger partial charge in [-0.3, -0.25) is 4.79 Å². The molecule has 0 radical (unpaired) electrons. The van der Waals surface area contributed by atoms with E-state index < -0.39 is 0 Å². The predicted octanol–water partition coefficient (Wildman–Crippen LogP) is 2.21. The molecule has 0 bridgehead atoms. The standard InChI is InChI=1S/C14H17N3O/c1-10-5-6-11(2)13(7-10)16-14(18)12(8-15)9-17(3)4/h5-7,9H,1-4H3,(H,16,18). The van der Waals surface area contributed by atoms with Crippen molar-refractivity contribution in [1.29, 1.82) is 5.26 Å². The molecule has 0 spiro atoms. The van der Waals surface area contributed by atoms with Crippen molar-refractivity contribution in [3.8, 4) is 6.07 Å². The van der Waals surface area contributed by atoms with Crippen molar-refractivity contribution in [1.82, 2.24) is 4.90 Å². The maximum absolute atomic E-state index is 11.9. The Balaban J connectivity index is 2.94. The molecular formula is C14H17N3O. The van der Waals surface area contributed by atoms with Gasteiger partial charge in [-0.05, 0) is 31.0 Å². The first-order valence-electron chi connectivity index (χ1n) is 5.61. The highest BCUT2D eigenvalue weighted by molar-refractivity contribution is 6.06. The van der Waals surface area contributed by atoms with E-state index in [-0.39, 0.29) is 11.5 Å². The van der Waals surface area contributed by atoms with Crippen molar-refractivity contribution < 1.29 is 4.79 Å². The second-order valence-corrected chi connectivity index (χ2v) is 4.39. The molecule has 1 aromatic rings. The van der Waals surface area contributed by atoms with E-state index in [1.165, 1.54) is 6.20 Å². The van der Waals surface area contributed by atoms with E-state index in [0.29, 0.717) is 0 Å². The number of rotatable bonds is 3. The normalized spacial score (nSPS) is 10.7. The molecule has 18 heavy (non-hydrogen) atoms. The van der Waals surface area contributed by atoms with Gasteiger partial charge in [0.05, 0.1) is 0 Å². The van der Waals surface area contributed by atoms with Gasteiger partial charge in [0.15, 0.2) is 0 Å². The summed E-state index contributed by atoms with van der Waals surface area (Å²) in [7, 11) is 3.53. The summed E-state index contributed by atoms with van der Waals surface area (Å²) in [4.78, 5) is 13.6. The van der Waals surface area contributed by atoms with Gasteiger partial charge in [-0.1, -0.05) is 12.1 Å². The summed E-state index contributed by atoms with van der Waals surface area (Å²) in [6.45, 7) is 3.87. The Bertz CT molecular complexity index is 524. The molecule has 1 aromatic carbocycles. The second-order valence-electron chi connectivity index (χ2n) is 4.39. The predicted molar refractivity (Wildman–Crippen MR) is 71.9 cm³/mol. The number of nitrogens with one attached hydrogen (secondary N) is 1. The molecule has 94 valence electrons. The van der Waals surface area contributed by atoms with Crippen LogP contribution in [0.4, 0.5) is 5.69 Å². The molecule has 0 aromatic heterocycles. The summed E-state index contributed by atoms with van der Waals surface area (Å²) in [6, 6.07) is 7.70. The summed E-state index contributed by atoms with van der Waals surface area (Å²) in [5, 5.41) is 11.7. The van der Waals surface area contributed by atoms with Crippen LogP contribution in [0.5, 0.6) is 0 Å². The Hall–Kier alpha value is -2.28. The highest BCUT2D eigenvalue weighted by atomic mass is 16.1. The lowest BCUT2D eigenvalue weighted by molar-refractivity contribution is -0.112. The monoisotopic (exact) mass is 243 g/mol.